The van der Waals surface area contributed by atoms with Crippen molar-refractivity contribution in [2.75, 3.05) is 13.2 Å². The Morgan fingerprint density at radius 3 is 2.00 bits per heavy atom. The largest absolute Gasteiger partial charge is 0.462 e. The van der Waals surface area contributed by atoms with E-state index in [2.05, 4.69) is 10.2 Å². The van der Waals surface area contributed by atoms with Crippen LogP contribution in [0, 0.1) is 5.82 Å². The molecular formula is C18H17FN2O4. The van der Waals surface area contributed by atoms with Crippen LogP contribution in [0.5, 0.6) is 0 Å². The molecule has 0 spiro atoms. The van der Waals surface area contributed by atoms with E-state index in [1.54, 1.807) is 38.1 Å². The molecule has 130 valence electrons. The van der Waals surface area contributed by atoms with Gasteiger partial charge in [0.05, 0.1) is 30.0 Å². The van der Waals surface area contributed by atoms with Crippen LogP contribution in [0.1, 0.15) is 34.6 Å². The number of carbonyl (C=O) groups excluding carboxylic acids is 2. The van der Waals surface area contributed by atoms with Crippen molar-refractivity contribution in [1.82, 2.24) is 0 Å². The fraction of sp³-hybridized carbons (Fsp3) is 0.222. The molecule has 0 radical (unpaired) electrons. The standard InChI is InChI=1S/C18H17FN2O4/c1-3-24-17(22)12-5-8-14(9-6-12)20-21-16-10-7-13(11-15(16)19)18(23)25-4-2/h5-11H,3-4H2,1-2H3. The topological polar surface area (TPSA) is 77.3 Å². The van der Waals surface area contributed by atoms with Crippen LogP contribution in [0.15, 0.2) is 52.7 Å². The van der Waals surface area contributed by atoms with Crippen molar-refractivity contribution in [1.29, 1.82) is 0 Å². The van der Waals surface area contributed by atoms with Gasteiger partial charge in [0.15, 0.2) is 5.82 Å². The molecule has 7 heteroatoms. The summed E-state index contributed by atoms with van der Waals surface area (Å²) in [4.78, 5) is 23.1. The molecule has 0 heterocycles. The first-order valence-electron chi connectivity index (χ1n) is 7.70. The Kier molecular flexibility index (Phi) is 6.33. The van der Waals surface area contributed by atoms with Crippen LogP contribution in [0.4, 0.5) is 15.8 Å². The third kappa shape index (κ3) is 4.94. The molecule has 0 unspecified atom stereocenters. The molecule has 0 saturated carbocycles. The van der Waals surface area contributed by atoms with Crippen molar-refractivity contribution < 1.29 is 23.5 Å². The Hall–Kier alpha value is -3.09. The van der Waals surface area contributed by atoms with E-state index >= 15 is 0 Å². The van der Waals surface area contributed by atoms with Crippen molar-refractivity contribution in [3.05, 3.63) is 59.4 Å². The highest BCUT2D eigenvalue weighted by atomic mass is 19.1. The summed E-state index contributed by atoms with van der Waals surface area (Å²) in [5.41, 5.74) is 0.937. The van der Waals surface area contributed by atoms with E-state index in [-0.39, 0.29) is 17.9 Å². The maximum Gasteiger partial charge on any atom is 0.338 e. The van der Waals surface area contributed by atoms with E-state index in [0.29, 0.717) is 17.9 Å². The van der Waals surface area contributed by atoms with Gasteiger partial charge in [0.2, 0.25) is 0 Å². The molecule has 6 nitrogen and oxygen atoms in total. The number of ether oxygens (including phenoxy) is 2. The third-order valence-electron chi connectivity index (χ3n) is 3.11. The molecule has 0 amide bonds. The number of azo groups is 1. The van der Waals surface area contributed by atoms with Gasteiger partial charge in [-0.1, -0.05) is 0 Å². The summed E-state index contributed by atoms with van der Waals surface area (Å²) in [7, 11) is 0. The molecule has 0 aliphatic rings. The molecular weight excluding hydrogens is 327 g/mol. The zero-order chi connectivity index (χ0) is 18.2. The summed E-state index contributed by atoms with van der Waals surface area (Å²) in [5.74, 6) is -1.71. The predicted molar refractivity (Wildman–Crippen MR) is 88.9 cm³/mol. The van der Waals surface area contributed by atoms with Crippen molar-refractivity contribution in [2.45, 2.75) is 13.8 Å². The quantitative estimate of drug-likeness (QED) is 0.567. The zero-order valence-electron chi connectivity index (χ0n) is 13.9. The molecule has 0 aromatic heterocycles. The minimum Gasteiger partial charge on any atom is -0.462 e. The first kappa shape index (κ1) is 18.3. The number of halogens is 1. The molecule has 0 fully saturated rings. The Balaban J connectivity index is 2.11. The number of hydrogen-bond acceptors (Lipinski definition) is 6. The first-order chi connectivity index (χ1) is 12.0. The Labute approximate surface area is 144 Å². The van der Waals surface area contributed by atoms with E-state index in [1.807, 2.05) is 0 Å². The highest BCUT2D eigenvalue weighted by Gasteiger charge is 2.10. The Morgan fingerprint density at radius 1 is 0.880 bits per heavy atom. The molecule has 25 heavy (non-hydrogen) atoms. The monoisotopic (exact) mass is 344 g/mol. The third-order valence-corrected chi connectivity index (χ3v) is 3.11. The molecule has 0 N–H and O–H groups in total. The minimum atomic E-state index is -0.683. The summed E-state index contributed by atoms with van der Waals surface area (Å²) in [6.45, 7) is 3.90. The van der Waals surface area contributed by atoms with E-state index in [0.717, 1.165) is 6.07 Å². The molecule has 2 aromatic rings. The molecule has 0 aliphatic carbocycles. The lowest BCUT2D eigenvalue weighted by Crippen LogP contribution is -2.04. The zero-order valence-corrected chi connectivity index (χ0v) is 13.9. The van der Waals surface area contributed by atoms with E-state index in [9.17, 15) is 14.0 Å². The summed E-state index contributed by atoms with van der Waals surface area (Å²) < 4.78 is 23.7. The van der Waals surface area contributed by atoms with Gasteiger partial charge in [0, 0.05) is 0 Å². The SMILES string of the molecule is CCOC(=O)c1ccc(N=Nc2ccc(C(=O)OCC)cc2F)cc1. The summed E-state index contributed by atoms with van der Waals surface area (Å²) >= 11 is 0. The van der Waals surface area contributed by atoms with Crippen LogP contribution in [0.3, 0.4) is 0 Å². The van der Waals surface area contributed by atoms with Gasteiger partial charge in [0.1, 0.15) is 5.69 Å². The van der Waals surface area contributed by atoms with Crippen molar-refractivity contribution >= 4 is 23.3 Å². The van der Waals surface area contributed by atoms with Crippen molar-refractivity contribution in [3.8, 4) is 0 Å². The number of hydrogen-bond donors (Lipinski definition) is 0. The highest BCUT2D eigenvalue weighted by Crippen LogP contribution is 2.23. The highest BCUT2D eigenvalue weighted by molar-refractivity contribution is 5.90. The normalized spacial score (nSPS) is 10.7. The summed E-state index contributed by atoms with van der Waals surface area (Å²) in [6.07, 6.45) is 0. The molecule has 0 atom stereocenters. The Bertz CT molecular complexity index is 788. The Morgan fingerprint density at radius 2 is 1.44 bits per heavy atom. The lowest BCUT2D eigenvalue weighted by molar-refractivity contribution is 0.0516. The lowest BCUT2D eigenvalue weighted by atomic mass is 10.2. The summed E-state index contributed by atoms with van der Waals surface area (Å²) in [6, 6.07) is 10.0. The van der Waals surface area contributed by atoms with Gasteiger partial charge in [-0.2, -0.15) is 5.11 Å². The second-order valence-corrected chi connectivity index (χ2v) is 4.85. The predicted octanol–water partition coefficient (Wildman–Crippen LogP) is 4.59. The number of nitrogens with zero attached hydrogens (tertiary/aromatic N) is 2. The molecule has 0 saturated heterocycles. The lowest BCUT2D eigenvalue weighted by Gasteiger charge is -2.03. The number of carbonyl (C=O) groups is 2. The first-order valence-corrected chi connectivity index (χ1v) is 7.70. The van der Waals surface area contributed by atoms with Crippen LogP contribution in [0.25, 0.3) is 0 Å². The maximum atomic E-state index is 14.0. The van der Waals surface area contributed by atoms with E-state index < -0.39 is 17.8 Å². The van der Waals surface area contributed by atoms with Gasteiger partial charge in [-0.15, -0.1) is 5.11 Å². The number of esters is 2. The number of benzene rings is 2. The van der Waals surface area contributed by atoms with Gasteiger partial charge < -0.3 is 9.47 Å². The van der Waals surface area contributed by atoms with Crippen molar-refractivity contribution in [3.63, 3.8) is 0 Å². The van der Waals surface area contributed by atoms with Gasteiger partial charge in [-0.05, 0) is 56.3 Å². The van der Waals surface area contributed by atoms with Gasteiger partial charge in [-0.25, -0.2) is 14.0 Å². The second-order valence-electron chi connectivity index (χ2n) is 4.85. The fourth-order valence-corrected chi connectivity index (χ4v) is 1.92. The van der Waals surface area contributed by atoms with Crippen LogP contribution in [0.2, 0.25) is 0 Å². The van der Waals surface area contributed by atoms with Crippen LogP contribution in [-0.4, -0.2) is 25.2 Å². The molecule has 2 aromatic carbocycles. The van der Waals surface area contributed by atoms with Crippen LogP contribution >= 0.6 is 0 Å². The van der Waals surface area contributed by atoms with Gasteiger partial charge >= 0.3 is 11.9 Å². The van der Waals surface area contributed by atoms with Gasteiger partial charge in [-0.3, -0.25) is 0 Å². The fourth-order valence-electron chi connectivity index (χ4n) is 1.92. The average molecular weight is 344 g/mol. The average Bonchev–Trinajstić information content (AvgIpc) is 2.61. The molecule has 2 rings (SSSR count). The van der Waals surface area contributed by atoms with E-state index in [1.165, 1.54) is 12.1 Å². The second kappa shape index (κ2) is 8.68. The van der Waals surface area contributed by atoms with Crippen LogP contribution in [-0.2, 0) is 9.47 Å². The maximum absolute atomic E-state index is 14.0. The minimum absolute atomic E-state index is 0.0116. The summed E-state index contributed by atoms with van der Waals surface area (Å²) in [5, 5.41) is 7.73. The van der Waals surface area contributed by atoms with Crippen molar-refractivity contribution in [2.24, 2.45) is 10.2 Å². The molecule has 0 aliphatic heterocycles. The molecule has 0 bridgehead atoms. The smallest absolute Gasteiger partial charge is 0.338 e. The van der Waals surface area contributed by atoms with Gasteiger partial charge in [0.25, 0.3) is 0 Å². The van der Waals surface area contributed by atoms with E-state index in [4.69, 9.17) is 9.47 Å². The van der Waals surface area contributed by atoms with Crippen LogP contribution < -0.4 is 0 Å². The number of rotatable bonds is 6.